The lowest BCUT2D eigenvalue weighted by Crippen LogP contribution is -1.99. The Bertz CT molecular complexity index is 1070. The standard InChI is InChI=1S/C46H76N2/c1-4-7-10-12-14-16-18-20-22-24-26-28-32-42-34-30-37-44(39-42)47-41-46(36-9-6-3)48-45-38-31-35-43(40-45)33-29-27-25-23-21-19-17-15-13-11-8-5-2/h30-31,34-35,37-41H,4-29,32-33,36H2,1-3H3. The summed E-state index contributed by atoms with van der Waals surface area (Å²) in [5.41, 5.74) is 6.04. The van der Waals surface area contributed by atoms with Gasteiger partial charge in [0.1, 0.15) is 0 Å². The van der Waals surface area contributed by atoms with Crippen molar-refractivity contribution in [2.45, 2.75) is 207 Å². The van der Waals surface area contributed by atoms with E-state index < -0.39 is 0 Å². The van der Waals surface area contributed by atoms with Crippen LogP contribution in [0.3, 0.4) is 0 Å². The van der Waals surface area contributed by atoms with Crippen molar-refractivity contribution in [2.24, 2.45) is 9.98 Å². The maximum absolute atomic E-state index is 5.08. The second-order valence-corrected chi connectivity index (χ2v) is 14.6. The third kappa shape index (κ3) is 23.2. The SMILES string of the molecule is CCCCCCCCCCCCCCc1cccc(N=CC(CCCC)=Nc2cccc(CCCCCCCCCCCCCC)c2)c1. The Balaban J connectivity index is 1.71. The molecule has 2 heteroatoms. The van der Waals surface area contributed by atoms with E-state index in [4.69, 9.17) is 9.98 Å². The molecule has 0 aliphatic rings. The number of rotatable bonds is 32. The predicted molar refractivity (Wildman–Crippen MR) is 217 cm³/mol. The summed E-state index contributed by atoms with van der Waals surface area (Å²) in [5.74, 6) is 0. The van der Waals surface area contributed by atoms with Gasteiger partial charge in [0.15, 0.2) is 0 Å². The summed E-state index contributed by atoms with van der Waals surface area (Å²) in [6, 6.07) is 17.8. The summed E-state index contributed by atoms with van der Waals surface area (Å²) >= 11 is 0. The molecule has 0 heterocycles. The van der Waals surface area contributed by atoms with E-state index >= 15 is 0 Å². The lowest BCUT2D eigenvalue weighted by atomic mass is 10.0. The van der Waals surface area contributed by atoms with Crippen LogP contribution in [0, 0.1) is 0 Å². The molecule has 0 spiro atoms. The van der Waals surface area contributed by atoms with Crippen LogP contribution in [0.5, 0.6) is 0 Å². The molecule has 0 aromatic heterocycles. The number of unbranched alkanes of at least 4 members (excludes halogenated alkanes) is 23. The third-order valence-electron chi connectivity index (χ3n) is 9.88. The number of aryl methyl sites for hydroxylation is 2. The first-order valence-corrected chi connectivity index (χ1v) is 21.0. The minimum absolute atomic E-state index is 0.974. The molecular formula is C46H76N2. The Morgan fingerprint density at radius 3 is 1.25 bits per heavy atom. The van der Waals surface area contributed by atoms with Crippen molar-refractivity contribution >= 4 is 23.3 Å². The first kappa shape index (κ1) is 41.9. The van der Waals surface area contributed by atoms with Crippen LogP contribution in [0.15, 0.2) is 58.5 Å². The van der Waals surface area contributed by atoms with Crippen LogP contribution in [0.1, 0.15) is 205 Å². The lowest BCUT2D eigenvalue weighted by molar-refractivity contribution is 0.544. The second-order valence-electron chi connectivity index (χ2n) is 14.6. The van der Waals surface area contributed by atoms with Gasteiger partial charge in [0.2, 0.25) is 0 Å². The Morgan fingerprint density at radius 1 is 0.438 bits per heavy atom. The Labute approximate surface area is 299 Å². The zero-order valence-electron chi connectivity index (χ0n) is 32.1. The van der Waals surface area contributed by atoms with Gasteiger partial charge in [-0.3, -0.25) is 9.98 Å². The van der Waals surface area contributed by atoms with Gasteiger partial charge in [-0.25, -0.2) is 0 Å². The molecule has 0 aliphatic carbocycles. The van der Waals surface area contributed by atoms with E-state index in [1.54, 1.807) is 0 Å². The molecule has 0 saturated carbocycles. The molecule has 0 fully saturated rings. The fraction of sp³-hybridized carbons (Fsp3) is 0.696. The van der Waals surface area contributed by atoms with Crippen molar-refractivity contribution in [2.75, 3.05) is 0 Å². The maximum Gasteiger partial charge on any atom is 0.0636 e. The summed E-state index contributed by atoms with van der Waals surface area (Å²) < 4.78 is 0. The smallest absolute Gasteiger partial charge is 0.0636 e. The summed E-state index contributed by atoms with van der Waals surface area (Å²) in [4.78, 5) is 9.99. The van der Waals surface area contributed by atoms with Gasteiger partial charge >= 0.3 is 0 Å². The monoisotopic (exact) mass is 657 g/mol. The number of hydrogen-bond acceptors (Lipinski definition) is 2. The molecule has 2 rings (SSSR count). The highest BCUT2D eigenvalue weighted by Gasteiger charge is 2.02. The highest BCUT2D eigenvalue weighted by atomic mass is 14.8. The lowest BCUT2D eigenvalue weighted by Gasteiger charge is -2.06. The van der Waals surface area contributed by atoms with Crippen molar-refractivity contribution in [3.63, 3.8) is 0 Å². The van der Waals surface area contributed by atoms with E-state index in [0.717, 1.165) is 42.8 Å². The van der Waals surface area contributed by atoms with Gasteiger partial charge in [0, 0.05) is 6.21 Å². The molecule has 0 amide bonds. The van der Waals surface area contributed by atoms with E-state index in [1.807, 2.05) is 6.21 Å². The molecule has 0 unspecified atom stereocenters. The minimum Gasteiger partial charge on any atom is -0.255 e. The molecule has 0 N–H and O–H groups in total. The first-order chi connectivity index (χ1) is 23.7. The van der Waals surface area contributed by atoms with Crippen molar-refractivity contribution in [3.05, 3.63) is 59.7 Å². The van der Waals surface area contributed by atoms with Gasteiger partial charge in [0.25, 0.3) is 0 Å². The molecule has 0 bridgehead atoms. The molecule has 2 nitrogen and oxygen atoms in total. The average molecular weight is 657 g/mol. The minimum atomic E-state index is 0.974. The van der Waals surface area contributed by atoms with Crippen LogP contribution >= 0.6 is 0 Å². The van der Waals surface area contributed by atoms with Crippen molar-refractivity contribution in [1.82, 2.24) is 0 Å². The third-order valence-corrected chi connectivity index (χ3v) is 9.88. The van der Waals surface area contributed by atoms with Crippen LogP contribution in [-0.2, 0) is 12.8 Å². The van der Waals surface area contributed by atoms with Gasteiger partial charge in [-0.2, -0.15) is 0 Å². The van der Waals surface area contributed by atoms with Gasteiger partial charge in [-0.05, 0) is 73.9 Å². The summed E-state index contributed by atoms with van der Waals surface area (Å²) in [7, 11) is 0. The number of aliphatic imine (C=N–C) groups is 2. The number of hydrogen-bond donors (Lipinski definition) is 0. The predicted octanol–water partition coefficient (Wildman–Crippen LogP) is 15.8. The van der Waals surface area contributed by atoms with E-state index in [0.29, 0.717) is 0 Å². The number of benzene rings is 2. The van der Waals surface area contributed by atoms with Gasteiger partial charge < -0.3 is 0 Å². The highest BCUT2D eigenvalue weighted by molar-refractivity contribution is 6.31. The molecule has 0 radical (unpaired) electrons. The topological polar surface area (TPSA) is 24.7 Å². The molecule has 0 atom stereocenters. The summed E-state index contributed by atoms with van der Waals surface area (Å²) in [6.07, 6.45) is 41.2. The second kappa shape index (κ2) is 30.8. The van der Waals surface area contributed by atoms with E-state index in [9.17, 15) is 0 Å². The first-order valence-electron chi connectivity index (χ1n) is 21.0. The van der Waals surface area contributed by atoms with Gasteiger partial charge in [0.05, 0.1) is 17.1 Å². The quantitative estimate of drug-likeness (QED) is 0.0553. The molecule has 2 aromatic rings. The van der Waals surface area contributed by atoms with Crippen LogP contribution in [-0.4, -0.2) is 11.9 Å². The highest BCUT2D eigenvalue weighted by Crippen LogP contribution is 2.20. The van der Waals surface area contributed by atoms with E-state index in [-0.39, 0.29) is 0 Å². The normalized spacial score (nSPS) is 12.0. The van der Waals surface area contributed by atoms with Crippen LogP contribution in [0.2, 0.25) is 0 Å². The molecule has 270 valence electrons. The molecule has 0 saturated heterocycles. The van der Waals surface area contributed by atoms with E-state index in [2.05, 4.69) is 69.3 Å². The maximum atomic E-state index is 5.08. The van der Waals surface area contributed by atoms with E-state index in [1.165, 1.54) is 172 Å². The Kier molecular flexibility index (Phi) is 26.9. The summed E-state index contributed by atoms with van der Waals surface area (Å²) in [5, 5.41) is 0. The fourth-order valence-corrected chi connectivity index (χ4v) is 6.74. The van der Waals surface area contributed by atoms with Crippen molar-refractivity contribution in [3.8, 4) is 0 Å². The Hall–Kier alpha value is -2.22. The average Bonchev–Trinajstić information content (AvgIpc) is 3.10. The van der Waals surface area contributed by atoms with Gasteiger partial charge in [-0.15, -0.1) is 0 Å². The Morgan fingerprint density at radius 2 is 0.812 bits per heavy atom. The van der Waals surface area contributed by atoms with Crippen LogP contribution in [0.25, 0.3) is 0 Å². The van der Waals surface area contributed by atoms with Crippen molar-refractivity contribution in [1.29, 1.82) is 0 Å². The fourth-order valence-electron chi connectivity index (χ4n) is 6.74. The molecule has 0 aliphatic heterocycles. The molecule has 48 heavy (non-hydrogen) atoms. The molecule has 2 aromatic carbocycles. The van der Waals surface area contributed by atoms with Crippen LogP contribution < -0.4 is 0 Å². The van der Waals surface area contributed by atoms with Crippen LogP contribution in [0.4, 0.5) is 11.4 Å². The van der Waals surface area contributed by atoms with Crippen molar-refractivity contribution < 1.29 is 0 Å². The summed E-state index contributed by atoms with van der Waals surface area (Å²) in [6.45, 7) is 6.85. The molecular weight excluding hydrogens is 581 g/mol. The zero-order chi connectivity index (χ0) is 34.2. The largest absolute Gasteiger partial charge is 0.255 e. The zero-order valence-corrected chi connectivity index (χ0v) is 32.1. The number of nitrogens with zero attached hydrogens (tertiary/aromatic N) is 2. The van der Waals surface area contributed by atoms with Gasteiger partial charge in [-0.1, -0.05) is 193 Å².